The summed E-state index contributed by atoms with van der Waals surface area (Å²) in [7, 11) is 1.35. The first kappa shape index (κ1) is 18.2. The van der Waals surface area contributed by atoms with Crippen molar-refractivity contribution in [2.24, 2.45) is 0 Å². The molecule has 2 aromatic carbocycles. The Morgan fingerprint density at radius 1 is 0.963 bits per heavy atom. The lowest BCUT2D eigenvalue weighted by Crippen LogP contribution is -2.06. The number of nitrogens with zero attached hydrogens (tertiary/aromatic N) is 2. The summed E-state index contributed by atoms with van der Waals surface area (Å²) in [6.45, 7) is 2.50. The van der Waals surface area contributed by atoms with Gasteiger partial charge in [0.25, 0.3) is 0 Å². The van der Waals surface area contributed by atoms with Crippen LogP contribution < -0.4 is 15.4 Å². The van der Waals surface area contributed by atoms with Gasteiger partial charge in [0.2, 0.25) is 0 Å². The minimum Gasteiger partial charge on any atom is -0.492 e. The van der Waals surface area contributed by atoms with Crippen molar-refractivity contribution in [3.63, 3.8) is 0 Å². The van der Waals surface area contributed by atoms with Crippen LogP contribution in [0.2, 0.25) is 0 Å². The van der Waals surface area contributed by atoms with Gasteiger partial charge in [0, 0.05) is 6.07 Å². The van der Waals surface area contributed by atoms with Gasteiger partial charge in [-0.05, 0) is 31.2 Å². The Labute approximate surface area is 157 Å². The summed E-state index contributed by atoms with van der Waals surface area (Å²) in [5.74, 6) is 1.45. The molecule has 3 aromatic rings. The molecule has 0 unspecified atom stereocenters. The minimum atomic E-state index is -0.420. The summed E-state index contributed by atoms with van der Waals surface area (Å²) in [5.41, 5.74) is 1.83. The van der Waals surface area contributed by atoms with E-state index in [1.165, 1.54) is 13.4 Å². The molecule has 0 bridgehead atoms. The summed E-state index contributed by atoms with van der Waals surface area (Å²) in [4.78, 5) is 20.4. The van der Waals surface area contributed by atoms with Gasteiger partial charge >= 0.3 is 5.97 Å². The molecule has 0 aliphatic rings. The molecule has 3 rings (SSSR count). The number of aromatic nitrogens is 2. The number of anilines is 4. The Kier molecular flexibility index (Phi) is 5.84. The van der Waals surface area contributed by atoms with Crippen molar-refractivity contribution in [2.45, 2.75) is 6.92 Å². The van der Waals surface area contributed by atoms with E-state index in [0.29, 0.717) is 29.5 Å². The quantitative estimate of drug-likeness (QED) is 0.609. The number of benzene rings is 2. The van der Waals surface area contributed by atoms with Crippen LogP contribution in [0, 0.1) is 0 Å². The number of ether oxygens (including phenoxy) is 2. The lowest BCUT2D eigenvalue weighted by atomic mass is 10.2. The van der Waals surface area contributed by atoms with Gasteiger partial charge < -0.3 is 20.1 Å². The average molecular weight is 364 g/mol. The summed E-state index contributed by atoms with van der Waals surface area (Å²) < 4.78 is 10.4. The van der Waals surface area contributed by atoms with Crippen LogP contribution in [-0.2, 0) is 4.74 Å². The molecule has 7 heteroatoms. The number of hydrogen-bond donors (Lipinski definition) is 2. The largest absolute Gasteiger partial charge is 0.492 e. The third kappa shape index (κ3) is 4.52. The van der Waals surface area contributed by atoms with Gasteiger partial charge in [-0.15, -0.1) is 0 Å². The number of rotatable bonds is 7. The first-order valence-corrected chi connectivity index (χ1v) is 8.46. The number of carbonyl (C=O) groups is 1. The molecule has 0 fully saturated rings. The van der Waals surface area contributed by atoms with Crippen LogP contribution in [-0.4, -0.2) is 29.7 Å². The zero-order chi connectivity index (χ0) is 19.1. The van der Waals surface area contributed by atoms with Crippen LogP contribution in [0.4, 0.5) is 23.0 Å². The van der Waals surface area contributed by atoms with Gasteiger partial charge in [0.05, 0.1) is 30.7 Å². The standard InChI is InChI=1S/C20H20N4O3/c1-3-27-17-11-7-6-10-16(17)24-19-12-18(21-13-22-19)23-15-9-5-4-8-14(15)20(25)26-2/h4-13H,3H2,1-2H3,(H2,21,22,23,24). The van der Waals surface area contributed by atoms with Crippen LogP contribution in [0.3, 0.4) is 0 Å². The van der Waals surface area contributed by atoms with Gasteiger partial charge in [-0.25, -0.2) is 14.8 Å². The molecule has 0 saturated carbocycles. The smallest absolute Gasteiger partial charge is 0.339 e. The first-order valence-electron chi connectivity index (χ1n) is 8.46. The van der Waals surface area contributed by atoms with Crippen molar-refractivity contribution in [3.05, 3.63) is 66.5 Å². The second-order valence-electron chi connectivity index (χ2n) is 5.50. The minimum absolute atomic E-state index is 0.420. The number of esters is 1. The molecule has 0 amide bonds. The highest BCUT2D eigenvalue weighted by Crippen LogP contribution is 2.28. The summed E-state index contributed by atoms with van der Waals surface area (Å²) in [5, 5.41) is 6.35. The molecule has 0 aliphatic heterocycles. The fourth-order valence-corrected chi connectivity index (χ4v) is 2.50. The predicted octanol–water partition coefficient (Wildman–Crippen LogP) is 4.15. The van der Waals surface area contributed by atoms with Crippen molar-refractivity contribution >= 4 is 29.0 Å². The van der Waals surface area contributed by atoms with E-state index in [2.05, 4.69) is 20.6 Å². The van der Waals surface area contributed by atoms with E-state index in [0.717, 1.165) is 11.4 Å². The monoisotopic (exact) mass is 364 g/mol. The third-order valence-electron chi connectivity index (χ3n) is 3.71. The molecule has 0 aliphatic carbocycles. The van der Waals surface area contributed by atoms with Gasteiger partial charge in [-0.1, -0.05) is 24.3 Å². The van der Waals surface area contributed by atoms with E-state index in [1.54, 1.807) is 24.3 Å². The maximum absolute atomic E-state index is 11.9. The number of nitrogens with one attached hydrogen (secondary N) is 2. The predicted molar refractivity (Wildman–Crippen MR) is 104 cm³/mol. The average Bonchev–Trinajstić information content (AvgIpc) is 2.70. The Hall–Kier alpha value is -3.61. The Bertz CT molecular complexity index is 930. The lowest BCUT2D eigenvalue weighted by Gasteiger charge is -2.13. The third-order valence-corrected chi connectivity index (χ3v) is 3.71. The van der Waals surface area contributed by atoms with Crippen LogP contribution in [0.15, 0.2) is 60.9 Å². The highest BCUT2D eigenvalue weighted by atomic mass is 16.5. The molecule has 0 atom stereocenters. The molecule has 0 saturated heterocycles. The normalized spacial score (nSPS) is 10.1. The van der Waals surface area contributed by atoms with E-state index in [1.807, 2.05) is 37.3 Å². The summed E-state index contributed by atoms with van der Waals surface area (Å²) in [6.07, 6.45) is 1.44. The molecule has 0 radical (unpaired) electrons. The van der Waals surface area contributed by atoms with Crippen molar-refractivity contribution < 1.29 is 14.3 Å². The number of carbonyl (C=O) groups excluding carboxylic acids is 1. The van der Waals surface area contributed by atoms with E-state index in [-0.39, 0.29) is 0 Å². The Morgan fingerprint density at radius 2 is 1.59 bits per heavy atom. The molecule has 27 heavy (non-hydrogen) atoms. The van der Waals surface area contributed by atoms with Gasteiger partial charge in [-0.2, -0.15) is 0 Å². The van der Waals surface area contributed by atoms with Gasteiger partial charge in [0.15, 0.2) is 0 Å². The van der Waals surface area contributed by atoms with E-state index >= 15 is 0 Å². The summed E-state index contributed by atoms with van der Waals surface area (Å²) >= 11 is 0. The summed E-state index contributed by atoms with van der Waals surface area (Å²) in [6, 6.07) is 16.4. The number of hydrogen-bond acceptors (Lipinski definition) is 7. The maximum Gasteiger partial charge on any atom is 0.339 e. The second kappa shape index (κ2) is 8.66. The highest BCUT2D eigenvalue weighted by Gasteiger charge is 2.12. The molecule has 2 N–H and O–H groups in total. The molecule has 1 aromatic heterocycles. The van der Waals surface area contributed by atoms with Crippen LogP contribution in [0.5, 0.6) is 5.75 Å². The Morgan fingerprint density at radius 3 is 2.30 bits per heavy atom. The van der Waals surface area contributed by atoms with E-state index in [9.17, 15) is 4.79 Å². The molecule has 7 nitrogen and oxygen atoms in total. The number of para-hydroxylation sites is 3. The number of methoxy groups -OCH3 is 1. The van der Waals surface area contributed by atoms with E-state index < -0.39 is 5.97 Å². The van der Waals surface area contributed by atoms with Crippen molar-refractivity contribution in [1.82, 2.24) is 9.97 Å². The van der Waals surface area contributed by atoms with Crippen LogP contribution >= 0.6 is 0 Å². The maximum atomic E-state index is 11.9. The van der Waals surface area contributed by atoms with Crippen LogP contribution in [0.25, 0.3) is 0 Å². The van der Waals surface area contributed by atoms with Crippen molar-refractivity contribution in [1.29, 1.82) is 0 Å². The first-order chi connectivity index (χ1) is 13.2. The molecule has 1 heterocycles. The SMILES string of the molecule is CCOc1ccccc1Nc1cc(Nc2ccccc2C(=O)OC)ncn1. The van der Waals surface area contributed by atoms with Crippen molar-refractivity contribution in [3.8, 4) is 5.75 Å². The van der Waals surface area contributed by atoms with E-state index in [4.69, 9.17) is 9.47 Å². The highest BCUT2D eigenvalue weighted by molar-refractivity contribution is 5.96. The van der Waals surface area contributed by atoms with Crippen molar-refractivity contribution in [2.75, 3.05) is 24.4 Å². The van der Waals surface area contributed by atoms with Gasteiger partial charge in [0.1, 0.15) is 23.7 Å². The Balaban J connectivity index is 1.82. The van der Waals surface area contributed by atoms with Gasteiger partial charge in [-0.3, -0.25) is 0 Å². The lowest BCUT2D eigenvalue weighted by molar-refractivity contribution is 0.0602. The fourth-order valence-electron chi connectivity index (χ4n) is 2.50. The zero-order valence-electron chi connectivity index (χ0n) is 15.1. The molecular weight excluding hydrogens is 344 g/mol. The topological polar surface area (TPSA) is 85.4 Å². The second-order valence-corrected chi connectivity index (χ2v) is 5.50. The molecule has 138 valence electrons. The fraction of sp³-hybridized carbons (Fsp3) is 0.150. The molecular formula is C20H20N4O3. The van der Waals surface area contributed by atoms with Crippen LogP contribution in [0.1, 0.15) is 17.3 Å². The molecule has 0 spiro atoms. The zero-order valence-corrected chi connectivity index (χ0v) is 15.1.